The van der Waals surface area contributed by atoms with Gasteiger partial charge in [-0.15, -0.1) is 0 Å². The number of aliphatic hydroxyl groups is 1. The molecule has 0 spiro atoms. The van der Waals surface area contributed by atoms with Crippen molar-refractivity contribution in [3.05, 3.63) is 64.6 Å². The minimum Gasteiger partial charge on any atom is -0.391 e. The molecule has 3 atom stereocenters. The molecule has 1 aromatic carbocycles. The molecule has 1 aliphatic heterocycles. The number of hydrogen-bond donors (Lipinski definition) is 2. The van der Waals surface area contributed by atoms with Gasteiger partial charge in [-0.1, -0.05) is 18.2 Å². The number of para-hydroxylation sites is 1. The van der Waals surface area contributed by atoms with Crippen molar-refractivity contribution in [1.82, 2.24) is 20.1 Å². The molecule has 168 valence electrons. The van der Waals surface area contributed by atoms with E-state index >= 15 is 0 Å². The quantitative estimate of drug-likeness (QED) is 0.622. The Morgan fingerprint density at radius 1 is 1.03 bits per heavy atom. The Morgan fingerprint density at radius 3 is 2.81 bits per heavy atom. The molecule has 0 radical (unpaired) electrons. The number of hydrogen-bond acceptors (Lipinski definition) is 6. The number of pyridine rings is 1. The highest BCUT2D eigenvalue weighted by atomic mass is 16.3. The highest BCUT2D eigenvalue weighted by molar-refractivity contribution is 5.81. The van der Waals surface area contributed by atoms with Crippen molar-refractivity contribution in [1.29, 1.82) is 0 Å². The molecule has 0 amide bonds. The molecule has 7 heteroatoms. The van der Waals surface area contributed by atoms with Gasteiger partial charge in [0.2, 0.25) is 0 Å². The summed E-state index contributed by atoms with van der Waals surface area (Å²) in [5.74, 6) is 0.838. The number of nitrogens with one attached hydrogen (secondary N) is 1. The summed E-state index contributed by atoms with van der Waals surface area (Å²) < 4.78 is 1.52. The predicted molar refractivity (Wildman–Crippen MR) is 126 cm³/mol. The summed E-state index contributed by atoms with van der Waals surface area (Å²) in [5.41, 5.74) is 2.14. The van der Waals surface area contributed by atoms with E-state index in [0.29, 0.717) is 6.04 Å². The second-order valence-corrected chi connectivity index (χ2v) is 9.00. The Bertz CT molecular complexity index is 1130. The lowest BCUT2D eigenvalue weighted by molar-refractivity contribution is 0.127. The van der Waals surface area contributed by atoms with Gasteiger partial charge >= 0.3 is 0 Å². The van der Waals surface area contributed by atoms with Gasteiger partial charge in [0, 0.05) is 43.3 Å². The largest absolute Gasteiger partial charge is 0.391 e. The van der Waals surface area contributed by atoms with Crippen LogP contribution < -0.4 is 15.8 Å². The fourth-order valence-corrected chi connectivity index (χ4v) is 5.21. The number of aliphatic hydroxyl groups excluding tert-OH is 1. The van der Waals surface area contributed by atoms with Crippen LogP contribution in [-0.4, -0.2) is 45.1 Å². The Hall–Kier alpha value is -2.77. The van der Waals surface area contributed by atoms with Crippen molar-refractivity contribution in [2.24, 2.45) is 0 Å². The summed E-state index contributed by atoms with van der Waals surface area (Å²) >= 11 is 0. The van der Waals surface area contributed by atoms with E-state index in [1.54, 1.807) is 6.07 Å². The maximum atomic E-state index is 12.5. The fourth-order valence-electron chi connectivity index (χ4n) is 5.21. The average molecular weight is 434 g/mol. The molecule has 5 rings (SSSR count). The van der Waals surface area contributed by atoms with Crippen LogP contribution in [0.2, 0.25) is 0 Å². The molecule has 2 fully saturated rings. The summed E-state index contributed by atoms with van der Waals surface area (Å²) in [4.78, 5) is 19.2. The monoisotopic (exact) mass is 433 g/mol. The second-order valence-electron chi connectivity index (χ2n) is 9.00. The Balaban J connectivity index is 1.31. The van der Waals surface area contributed by atoms with Crippen molar-refractivity contribution in [2.45, 2.75) is 63.3 Å². The molecule has 2 aliphatic rings. The van der Waals surface area contributed by atoms with Crippen molar-refractivity contribution in [2.75, 3.05) is 18.0 Å². The first-order valence-corrected chi connectivity index (χ1v) is 11.8. The van der Waals surface area contributed by atoms with Gasteiger partial charge in [-0.3, -0.25) is 9.78 Å². The van der Waals surface area contributed by atoms with E-state index in [4.69, 9.17) is 5.10 Å². The first-order chi connectivity index (χ1) is 15.7. The first kappa shape index (κ1) is 21.1. The zero-order valence-corrected chi connectivity index (χ0v) is 18.4. The minimum absolute atomic E-state index is 0.129. The van der Waals surface area contributed by atoms with Crippen molar-refractivity contribution in [3.63, 3.8) is 0 Å². The van der Waals surface area contributed by atoms with Gasteiger partial charge in [0.25, 0.3) is 5.56 Å². The molecular formula is C25H31N5O2. The lowest BCUT2D eigenvalue weighted by Crippen LogP contribution is -2.46. The Labute approximate surface area is 188 Å². The molecule has 3 aromatic rings. The lowest BCUT2D eigenvalue weighted by Gasteiger charge is -2.37. The summed E-state index contributed by atoms with van der Waals surface area (Å²) in [6.07, 6.45) is 7.29. The van der Waals surface area contributed by atoms with Crippen LogP contribution >= 0.6 is 0 Å². The zero-order chi connectivity index (χ0) is 21.9. The summed E-state index contributed by atoms with van der Waals surface area (Å²) in [6, 6.07) is 13.9. The van der Waals surface area contributed by atoms with Gasteiger partial charge in [0.1, 0.15) is 5.82 Å². The van der Waals surface area contributed by atoms with Crippen molar-refractivity contribution in [3.8, 4) is 0 Å². The normalized spacial score (nSPS) is 23.7. The van der Waals surface area contributed by atoms with Gasteiger partial charge in [-0.05, 0) is 62.3 Å². The molecule has 1 aliphatic carbocycles. The summed E-state index contributed by atoms with van der Waals surface area (Å²) in [7, 11) is 0. The van der Waals surface area contributed by atoms with E-state index in [0.717, 1.165) is 63.1 Å². The van der Waals surface area contributed by atoms with Crippen LogP contribution in [0.4, 0.5) is 5.82 Å². The van der Waals surface area contributed by atoms with E-state index in [9.17, 15) is 9.90 Å². The van der Waals surface area contributed by atoms with Crippen LogP contribution in [0.15, 0.2) is 53.5 Å². The van der Waals surface area contributed by atoms with Crippen LogP contribution in [-0.2, 0) is 6.54 Å². The van der Waals surface area contributed by atoms with Crippen molar-refractivity contribution >= 4 is 16.7 Å². The maximum absolute atomic E-state index is 12.5. The highest BCUT2D eigenvalue weighted by Crippen LogP contribution is 2.29. The number of rotatable bonds is 6. The van der Waals surface area contributed by atoms with Crippen LogP contribution in [0.5, 0.6) is 0 Å². The standard InChI is InChI=1S/C25H31N5O2/c31-23-10-5-9-22(23)30-25(32)12-11-24(28-30)29-15-4-3-6-19(29)17-26-16-18-13-14-27-21-8-2-1-7-20(18)21/h1-2,7-8,11-14,19,22-23,26,31H,3-6,9-10,15-17H2. The molecule has 1 saturated heterocycles. The predicted octanol–water partition coefficient (Wildman–Crippen LogP) is 3.03. The molecular weight excluding hydrogens is 402 g/mol. The molecule has 2 aromatic heterocycles. The number of nitrogens with zero attached hydrogens (tertiary/aromatic N) is 4. The lowest BCUT2D eigenvalue weighted by atomic mass is 10.0. The summed E-state index contributed by atoms with van der Waals surface area (Å²) in [6.45, 7) is 2.57. The molecule has 0 bridgehead atoms. The van der Waals surface area contributed by atoms with Gasteiger partial charge < -0.3 is 15.3 Å². The van der Waals surface area contributed by atoms with Crippen LogP contribution in [0.25, 0.3) is 10.9 Å². The summed E-state index contributed by atoms with van der Waals surface area (Å²) in [5, 5.41) is 19.8. The second kappa shape index (κ2) is 9.38. The SMILES string of the molecule is O=c1ccc(N2CCCCC2CNCc2ccnc3ccccc23)nn1C1CCCC1O. The van der Waals surface area contributed by atoms with Gasteiger partial charge in [-0.25, -0.2) is 4.68 Å². The third kappa shape index (κ3) is 4.27. The van der Waals surface area contributed by atoms with Gasteiger partial charge in [0.15, 0.2) is 0 Å². The van der Waals surface area contributed by atoms with Crippen molar-refractivity contribution < 1.29 is 5.11 Å². The number of anilines is 1. The van der Waals surface area contributed by atoms with Crippen LogP contribution in [0.1, 0.15) is 50.1 Å². The number of piperidine rings is 1. The minimum atomic E-state index is -0.482. The molecule has 7 nitrogen and oxygen atoms in total. The van der Waals surface area contributed by atoms with Gasteiger partial charge in [-0.2, -0.15) is 5.10 Å². The maximum Gasteiger partial charge on any atom is 0.267 e. The third-order valence-electron chi connectivity index (χ3n) is 6.93. The Kier molecular flexibility index (Phi) is 6.19. The molecule has 1 saturated carbocycles. The van der Waals surface area contributed by atoms with E-state index in [2.05, 4.69) is 33.4 Å². The van der Waals surface area contributed by atoms with E-state index in [1.165, 1.54) is 22.1 Å². The highest BCUT2D eigenvalue weighted by Gasteiger charge is 2.30. The van der Waals surface area contributed by atoms with Crippen LogP contribution in [0.3, 0.4) is 0 Å². The molecule has 3 heterocycles. The molecule has 32 heavy (non-hydrogen) atoms. The van der Waals surface area contributed by atoms with E-state index in [1.807, 2.05) is 24.4 Å². The molecule has 3 unspecified atom stereocenters. The van der Waals surface area contributed by atoms with E-state index in [-0.39, 0.29) is 11.6 Å². The first-order valence-electron chi connectivity index (χ1n) is 11.8. The third-order valence-corrected chi connectivity index (χ3v) is 6.93. The zero-order valence-electron chi connectivity index (χ0n) is 18.4. The number of benzene rings is 1. The number of fused-ring (bicyclic) bond motifs is 1. The van der Waals surface area contributed by atoms with Crippen LogP contribution in [0, 0.1) is 0 Å². The number of aromatic nitrogens is 3. The fraction of sp³-hybridized carbons (Fsp3) is 0.480. The van der Waals surface area contributed by atoms with Gasteiger partial charge in [0.05, 0.1) is 17.7 Å². The smallest absolute Gasteiger partial charge is 0.267 e. The average Bonchev–Trinajstić information content (AvgIpc) is 3.25. The molecule has 2 N–H and O–H groups in total. The topological polar surface area (TPSA) is 83.3 Å². The Morgan fingerprint density at radius 2 is 1.94 bits per heavy atom. The van der Waals surface area contributed by atoms with E-state index < -0.39 is 6.10 Å².